The first-order chi connectivity index (χ1) is 14.6. The summed E-state index contributed by atoms with van der Waals surface area (Å²) < 4.78 is 0. The van der Waals surface area contributed by atoms with Gasteiger partial charge in [0.2, 0.25) is 0 Å². The second-order valence-electron chi connectivity index (χ2n) is 7.32. The summed E-state index contributed by atoms with van der Waals surface area (Å²) >= 11 is 0. The van der Waals surface area contributed by atoms with Crippen LogP contribution < -0.4 is 0 Å². The third-order valence-corrected chi connectivity index (χ3v) is 4.82. The molecule has 0 unspecified atom stereocenters. The van der Waals surface area contributed by atoms with Gasteiger partial charge in [0.05, 0.1) is 11.4 Å². The largest absolute Gasteiger partial charge is 0.507 e. The van der Waals surface area contributed by atoms with Crippen molar-refractivity contribution in [1.29, 1.82) is 0 Å². The van der Waals surface area contributed by atoms with Crippen LogP contribution in [0, 0.1) is 0 Å². The Hall–Kier alpha value is -3.40. The Kier molecular flexibility index (Phi) is 7.39. The molecule has 2 N–H and O–H groups in total. The molecule has 0 aliphatic heterocycles. The normalized spacial score (nSPS) is 11.5. The van der Waals surface area contributed by atoms with Crippen molar-refractivity contribution >= 4 is 23.8 Å². The zero-order valence-corrected chi connectivity index (χ0v) is 17.5. The summed E-state index contributed by atoms with van der Waals surface area (Å²) in [7, 11) is 0. The van der Waals surface area contributed by atoms with Crippen molar-refractivity contribution < 1.29 is 10.2 Å². The molecule has 0 bridgehead atoms. The van der Waals surface area contributed by atoms with Gasteiger partial charge in [0.1, 0.15) is 11.5 Å². The van der Waals surface area contributed by atoms with Crippen molar-refractivity contribution in [3.8, 4) is 11.5 Å². The molecule has 0 spiro atoms. The molecule has 154 valence electrons. The molecule has 0 fully saturated rings. The first-order valence-electron chi connectivity index (χ1n) is 10.4. The van der Waals surface area contributed by atoms with Gasteiger partial charge in [-0.1, -0.05) is 38.8 Å². The van der Waals surface area contributed by atoms with Crippen LogP contribution in [0.4, 0.5) is 11.4 Å². The summed E-state index contributed by atoms with van der Waals surface area (Å²) in [4.78, 5) is 8.93. The summed E-state index contributed by atoms with van der Waals surface area (Å²) in [6.07, 6.45) is 7.44. The van der Waals surface area contributed by atoms with E-state index in [0.717, 1.165) is 37.1 Å². The Morgan fingerprint density at radius 3 is 1.40 bits per heavy atom. The van der Waals surface area contributed by atoms with Crippen molar-refractivity contribution in [3.05, 3.63) is 82.9 Å². The maximum absolute atomic E-state index is 10.0. The maximum atomic E-state index is 10.0. The van der Waals surface area contributed by atoms with Crippen LogP contribution in [0.15, 0.2) is 70.6 Å². The van der Waals surface area contributed by atoms with Crippen molar-refractivity contribution in [2.75, 3.05) is 0 Å². The molecule has 0 saturated carbocycles. The van der Waals surface area contributed by atoms with Gasteiger partial charge in [0.25, 0.3) is 0 Å². The molecule has 0 aliphatic carbocycles. The molecule has 3 aromatic rings. The molecule has 30 heavy (non-hydrogen) atoms. The van der Waals surface area contributed by atoms with Crippen LogP contribution in [0.2, 0.25) is 0 Å². The van der Waals surface area contributed by atoms with Crippen LogP contribution >= 0.6 is 0 Å². The third kappa shape index (κ3) is 5.80. The monoisotopic (exact) mass is 400 g/mol. The number of aliphatic imine (C=N–C) groups is 2. The maximum Gasteiger partial charge on any atom is 0.124 e. The minimum absolute atomic E-state index is 0.227. The summed E-state index contributed by atoms with van der Waals surface area (Å²) in [5, 5.41) is 20.1. The van der Waals surface area contributed by atoms with Crippen LogP contribution in [0.1, 0.15) is 48.9 Å². The Bertz CT molecular complexity index is 953. The zero-order chi connectivity index (χ0) is 21.3. The van der Waals surface area contributed by atoms with Crippen LogP contribution in [-0.2, 0) is 12.8 Å². The van der Waals surface area contributed by atoms with E-state index in [4.69, 9.17) is 0 Å². The molecule has 0 amide bonds. The highest BCUT2D eigenvalue weighted by molar-refractivity contribution is 5.86. The molecule has 4 nitrogen and oxygen atoms in total. The Labute approximate surface area is 178 Å². The molecular weight excluding hydrogens is 372 g/mol. The minimum atomic E-state index is 0.227. The topological polar surface area (TPSA) is 65.2 Å². The predicted octanol–water partition coefficient (Wildman–Crippen LogP) is 6.50. The highest BCUT2D eigenvalue weighted by Gasteiger charge is 2.02. The first kappa shape index (κ1) is 21.3. The average Bonchev–Trinajstić information content (AvgIpc) is 2.75. The van der Waals surface area contributed by atoms with Crippen LogP contribution in [0.25, 0.3) is 0 Å². The molecule has 0 aliphatic rings. The Morgan fingerprint density at radius 2 is 1.03 bits per heavy atom. The fourth-order valence-corrected chi connectivity index (χ4v) is 3.22. The minimum Gasteiger partial charge on any atom is -0.507 e. The van der Waals surface area contributed by atoms with Gasteiger partial charge in [-0.3, -0.25) is 9.98 Å². The van der Waals surface area contributed by atoms with E-state index in [0.29, 0.717) is 11.1 Å². The van der Waals surface area contributed by atoms with E-state index >= 15 is 0 Å². The summed E-state index contributed by atoms with van der Waals surface area (Å²) in [6.45, 7) is 4.27. The summed E-state index contributed by atoms with van der Waals surface area (Å²) in [5.41, 5.74) is 5.36. The number of benzene rings is 3. The van der Waals surface area contributed by atoms with Gasteiger partial charge in [-0.2, -0.15) is 0 Å². The van der Waals surface area contributed by atoms with Gasteiger partial charge >= 0.3 is 0 Å². The number of rotatable bonds is 8. The molecule has 3 rings (SSSR count). The standard InChI is InChI=1S/C26H28N2O2/c1-3-5-19-7-13-25(29)21(15-19)17-27-23-9-11-24(12-10-23)28-18-22-16-20(6-4-2)8-14-26(22)30/h7-18,29-30H,3-6H2,1-2H3. The second-order valence-corrected chi connectivity index (χ2v) is 7.32. The third-order valence-electron chi connectivity index (χ3n) is 4.82. The van der Waals surface area contributed by atoms with Gasteiger partial charge in [0.15, 0.2) is 0 Å². The number of hydrogen-bond donors (Lipinski definition) is 2. The van der Waals surface area contributed by atoms with E-state index in [1.165, 1.54) is 11.1 Å². The predicted molar refractivity (Wildman–Crippen MR) is 125 cm³/mol. The number of nitrogens with zero attached hydrogens (tertiary/aromatic N) is 2. The van der Waals surface area contributed by atoms with Crippen LogP contribution in [0.3, 0.4) is 0 Å². The molecule has 0 heterocycles. The quantitative estimate of drug-likeness (QED) is 0.424. The second kappa shape index (κ2) is 10.4. The number of phenolic OH excluding ortho intramolecular Hbond substituents is 2. The molecule has 4 heteroatoms. The lowest BCUT2D eigenvalue weighted by molar-refractivity contribution is 0.473. The smallest absolute Gasteiger partial charge is 0.124 e. The van der Waals surface area contributed by atoms with E-state index in [2.05, 4.69) is 23.8 Å². The molecule has 0 atom stereocenters. The molecular formula is C26H28N2O2. The van der Waals surface area contributed by atoms with E-state index in [1.54, 1.807) is 24.6 Å². The first-order valence-corrected chi connectivity index (χ1v) is 10.4. The molecule has 3 aromatic carbocycles. The van der Waals surface area contributed by atoms with Crippen molar-refractivity contribution in [1.82, 2.24) is 0 Å². The van der Waals surface area contributed by atoms with Gasteiger partial charge < -0.3 is 10.2 Å². The number of aromatic hydroxyl groups is 2. The van der Waals surface area contributed by atoms with E-state index in [1.807, 2.05) is 48.5 Å². The lowest BCUT2D eigenvalue weighted by Gasteiger charge is -2.04. The fourth-order valence-electron chi connectivity index (χ4n) is 3.22. The van der Waals surface area contributed by atoms with Gasteiger partial charge in [-0.05, 0) is 72.5 Å². The summed E-state index contributed by atoms with van der Waals surface area (Å²) in [6, 6.07) is 18.8. The average molecular weight is 401 g/mol. The zero-order valence-electron chi connectivity index (χ0n) is 17.5. The lowest BCUT2D eigenvalue weighted by atomic mass is 10.1. The van der Waals surface area contributed by atoms with Crippen molar-refractivity contribution in [3.63, 3.8) is 0 Å². The molecule has 0 saturated heterocycles. The van der Waals surface area contributed by atoms with Gasteiger partial charge in [0, 0.05) is 23.6 Å². The van der Waals surface area contributed by atoms with Crippen LogP contribution in [0.5, 0.6) is 11.5 Å². The highest BCUT2D eigenvalue weighted by Crippen LogP contribution is 2.23. The molecule has 0 radical (unpaired) electrons. The highest BCUT2D eigenvalue weighted by atomic mass is 16.3. The number of hydrogen-bond acceptors (Lipinski definition) is 4. The summed E-state index contributed by atoms with van der Waals surface area (Å²) in [5.74, 6) is 0.454. The van der Waals surface area contributed by atoms with E-state index < -0.39 is 0 Å². The van der Waals surface area contributed by atoms with Gasteiger partial charge in [-0.25, -0.2) is 0 Å². The SMILES string of the molecule is CCCc1ccc(O)c(C=Nc2ccc(N=Cc3cc(CCC)ccc3O)cc2)c1. The Balaban J connectivity index is 1.71. The van der Waals surface area contributed by atoms with Crippen molar-refractivity contribution in [2.24, 2.45) is 9.98 Å². The van der Waals surface area contributed by atoms with Crippen LogP contribution in [-0.4, -0.2) is 22.6 Å². The van der Waals surface area contributed by atoms with E-state index in [9.17, 15) is 10.2 Å². The molecule has 0 aromatic heterocycles. The lowest BCUT2D eigenvalue weighted by Crippen LogP contribution is -1.88. The van der Waals surface area contributed by atoms with Crippen molar-refractivity contribution in [2.45, 2.75) is 39.5 Å². The fraction of sp³-hybridized carbons (Fsp3) is 0.231. The van der Waals surface area contributed by atoms with Gasteiger partial charge in [-0.15, -0.1) is 0 Å². The Morgan fingerprint density at radius 1 is 0.633 bits per heavy atom. The number of phenols is 2. The number of aryl methyl sites for hydroxylation is 2. The van der Waals surface area contributed by atoms with E-state index in [-0.39, 0.29) is 11.5 Å².